The second kappa shape index (κ2) is 7.97. The molecule has 0 spiro atoms. The molecular formula is C21H15FO3S. The summed E-state index contributed by atoms with van der Waals surface area (Å²) in [5.41, 5.74) is 1.13. The Kier molecular flexibility index (Phi) is 5.49. The van der Waals surface area contributed by atoms with Crippen LogP contribution in [0, 0.1) is 5.82 Å². The molecule has 0 aliphatic rings. The van der Waals surface area contributed by atoms with Gasteiger partial charge in [0.25, 0.3) is 0 Å². The van der Waals surface area contributed by atoms with Crippen LogP contribution in [0.2, 0.25) is 0 Å². The normalized spacial score (nSPS) is 11.1. The van der Waals surface area contributed by atoms with Gasteiger partial charge in [-0.25, -0.2) is 4.39 Å². The molecule has 0 unspecified atom stereocenters. The van der Waals surface area contributed by atoms with Crippen molar-refractivity contribution in [3.8, 4) is 0 Å². The number of benzene rings is 3. The molecule has 0 atom stereocenters. The van der Waals surface area contributed by atoms with Gasteiger partial charge in [0.05, 0.1) is 5.75 Å². The van der Waals surface area contributed by atoms with Crippen molar-refractivity contribution >= 4 is 40.4 Å². The lowest BCUT2D eigenvalue weighted by atomic mass is 10.0. The second-order valence-electron chi connectivity index (χ2n) is 5.59. The van der Waals surface area contributed by atoms with Gasteiger partial charge in [-0.3, -0.25) is 9.59 Å². The molecule has 0 aliphatic heterocycles. The van der Waals surface area contributed by atoms with E-state index in [4.69, 9.17) is 5.11 Å². The molecular weight excluding hydrogens is 351 g/mol. The molecule has 5 heteroatoms. The van der Waals surface area contributed by atoms with Gasteiger partial charge in [0.15, 0.2) is 5.78 Å². The number of hydrogen-bond acceptors (Lipinski definition) is 3. The lowest BCUT2D eigenvalue weighted by Gasteiger charge is -2.04. The second-order valence-corrected chi connectivity index (χ2v) is 6.61. The molecule has 26 heavy (non-hydrogen) atoms. The predicted molar refractivity (Wildman–Crippen MR) is 102 cm³/mol. The number of hydrogen-bond donors (Lipinski definition) is 1. The van der Waals surface area contributed by atoms with E-state index in [0.717, 1.165) is 34.2 Å². The number of rotatable bonds is 6. The van der Waals surface area contributed by atoms with Crippen LogP contribution in [0.1, 0.15) is 15.9 Å². The van der Waals surface area contributed by atoms with E-state index in [9.17, 15) is 14.0 Å². The molecule has 0 heterocycles. The zero-order valence-corrected chi connectivity index (χ0v) is 14.5. The average molecular weight is 366 g/mol. The topological polar surface area (TPSA) is 54.4 Å². The lowest BCUT2D eigenvalue weighted by molar-refractivity contribution is -0.133. The lowest BCUT2D eigenvalue weighted by Crippen LogP contribution is -2.00. The van der Waals surface area contributed by atoms with Crippen molar-refractivity contribution < 1.29 is 19.1 Å². The number of carbonyl (C=O) groups excluding carboxylic acids is 1. The highest BCUT2D eigenvalue weighted by atomic mass is 32.2. The minimum Gasteiger partial charge on any atom is -0.481 e. The summed E-state index contributed by atoms with van der Waals surface area (Å²) in [5.74, 6) is -2.16. The van der Waals surface area contributed by atoms with Crippen molar-refractivity contribution in [1.29, 1.82) is 0 Å². The van der Waals surface area contributed by atoms with Crippen LogP contribution in [0.3, 0.4) is 0 Å². The third-order valence-electron chi connectivity index (χ3n) is 3.81. The quantitative estimate of drug-likeness (QED) is 0.377. The summed E-state index contributed by atoms with van der Waals surface area (Å²) in [6.45, 7) is 0. The maximum Gasteiger partial charge on any atom is 0.313 e. The van der Waals surface area contributed by atoms with Crippen molar-refractivity contribution in [3.05, 3.63) is 83.7 Å². The van der Waals surface area contributed by atoms with Crippen molar-refractivity contribution in [2.24, 2.45) is 0 Å². The molecule has 3 aromatic carbocycles. The highest BCUT2D eigenvalue weighted by Gasteiger charge is 2.10. The SMILES string of the molecule is O=C(O)CSc1ccc(C(=O)/C=C/c2cccc3ccccc23)cc1F. The van der Waals surface area contributed by atoms with Gasteiger partial charge in [-0.05, 0) is 40.6 Å². The fraction of sp³-hybridized carbons (Fsp3) is 0.0476. The van der Waals surface area contributed by atoms with Crippen LogP contribution in [0.15, 0.2) is 71.6 Å². The molecule has 3 rings (SSSR count). The number of carbonyl (C=O) groups is 2. The summed E-state index contributed by atoms with van der Waals surface area (Å²) in [7, 11) is 0. The Morgan fingerprint density at radius 2 is 1.81 bits per heavy atom. The monoisotopic (exact) mass is 366 g/mol. The summed E-state index contributed by atoms with van der Waals surface area (Å²) >= 11 is 0.883. The van der Waals surface area contributed by atoms with Gasteiger partial charge in [0.2, 0.25) is 0 Å². The molecule has 0 saturated heterocycles. The number of thioether (sulfide) groups is 1. The number of carboxylic acids is 1. The van der Waals surface area contributed by atoms with E-state index in [1.54, 1.807) is 6.08 Å². The van der Waals surface area contributed by atoms with Gasteiger partial charge in [-0.1, -0.05) is 48.5 Å². The number of allylic oxidation sites excluding steroid dienone is 1. The number of carboxylic acid groups (broad SMARTS) is 1. The minimum atomic E-state index is -1.02. The van der Waals surface area contributed by atoms with Crippen LogP contribution in [-0.4, -0.2) is 22.6 Å². The number of fused-ring (bicyclic) bond motifs is 1. The van der Waals surface area contributed by atoms with Crippen LogP contribution in [0.5, 0.6) is 0 Å². The van der Waals surface area contributed by atoms with E-state index in [-0.39, 0.29) is 22.0 Å². The van der Waals surface area contributed by atoms with Crippen molar-refractivity contribution in [2.75, 3.05) is 5.75 Å². The van der Waals surface area contributed by atoms with Crippen LogP contribution in [0.4, 0.5) is 4.39 Å². The van der Waals surface area contributed by atoms with Gasteiger partial charge in [-0.15, -0.1) is 11.8 Å². The zero-order chi connectivity index (χ0) is 18.5. The molecule has 0 saturated carbocycles. The fourth-order valence-electron chi connectivity index (χ4n) is 2.57. The van der Waals surface area contributed by atoms with Crippen molar-refractivity contribution in [3.63, 3.8) is 0 Å². The molecule has 1 N–H and O–H groups in total. The third-order valence-corrected chi connectivity index (χ3v) is 4.84. The molecule has 3 nitrogen and oxygen atoms in total. The van der Waals surface area contributed by atoms with Crippen molar-refractivity contribution in [2.45, 2.75) is 4.90 Å². The number of aliphatic carboxylic acids is 1. The summed E-state index contributed by atoms with van der Waals surface area (Å²) in [4.78, 5) is 23.1. The van der Waals surface area contributed by atoms with Gasteiger partial charge in [0.1, 0.15) is 5.82 Å². The van der Waals surface area contributed by atoms with E-state index in [0.29, 0.717) is 0 Å². The minimum absolute atomic E-state index is 0.210. The third kappa shape index (κ3) is 4.18. The largest absolute Gasteiger partial charge is 0.481 e. The Balaban J connectivity index is 1.80. The van der Waals surface area contributed by atoms with Crippen LogP contribution < -0.4 is 0 Å². The first kappa shape index (κ1) is 17.9. The molecule has 0 fully saturated rings. The van der Waals surface area contributed by atoms with E-state index in [1.165, 1.54) is 18.2 Å². The molecule has 3 aromatic rings. The molecule has 130 valence electrons. The number of ketones is 1. The van der Waals surface area contributed by atoms with E-state index < -0.39 is 11.8 Å². The summed E-state index contributed by atoms with van der Waals surface area (Å²) in [6.07, 6.45) is 3.14. The van der Waals surface area contributed by atoms with E-state index in [2.05, 4.69) is 0 Å². The summed E-state index contributed by atoms with van der Waals surface area (Å²) < 4.78 is 14.0. The van der Waals surface area contributed by atoms with E-state index in [1.807, 2.05) is 42.5 Å². The highest BCUT2D eigenvalue weighted by molar-refractivity contribution is 8.00. The molecule has 0 amide bonds. The Bertz CT molecular complexity index is 1010. The maximum atomic E-state index is 14.0. The van der Waals surface area contributed by atoms with E-state index >= 15 is 0 Å². The number of halogens is 1. The zero-order valence-electron chi connectivity index (χ0n) is 13.7. The van der Waals surface area contributed by atoms with Gasteiger partial charge >= 0.3 is 5.97 Å². The average Bonchev–Trinajstić information content (AvgIpc) is 2.64. The Morgan fingerprint density at radius 1 is 1.04 bits per heavy atom. The smallest absolute Gasteiger partial charge is 0.313 e. The standard InChI is InChI=1S/C21H15FO3S/c22-18-12-16(9-11-20(18)26-13-21(24)25)19(23)10-8-15-6-3-5-14-4-1-2-7-17(14)15/h1-12H,13H2,(H,24,25)/b10-8+. The fourth-order valence-corrected chi connectivity index (χ4v) is 3.21. The molecule has 0 radical (unpaired) electrons. The molecule has 0 aliphatic carbocycles. The molecule has 0 aromatic heterocycles. The maximum absolute atomic E-state index is 14.0. The first-order valence-corrected chi connectivity index (χ1v) is 8.87. The van der Waals surface area contributed by atoms with Crippen LogP contribution in [0.25, 0.3) is 16.8 Å². The van der Waals surface area contributed by atoms with Gasteiger partial charge < -0.3 is 5.11 Å². The molecule has 0 bridgehead atoms. The van der Waals surface area contributed by atoms with Crippen LogP contribution in [-0.2, 0) is 4.79 Å². The summed E-state index contributed by atoms with van der Waals surface area (Å²) in [6, 6.07) is 17.8. The van der Waals surface area contributed by atoms with Gasteiger partial charge in [0, 0.05) is 10.5 Å². The Morgan fingerprint density at radius 3 is 2.58 bits per heavy atom. The Hall–Kier alpha value is -2.92. The summed E-state index contributed by atoms with van der Waals surface area (Å²) in [5, 5.41) is 10.8. The highest BCUT2D eigenvalue weighted by Crippen LogP contribution is 2.23. The van der Waals surface area contributed by atoms with Crippen molar-refractivity contribution in [1.82, 2.24) is 0 Å². The first-order valence-electron chi connectivity index (χ1n) is 7.89. The van der Waals surface area contributed by atoms with Gasteiger partial charge in [-0.2, -0.15) is 0 Å². The predicted octanol–water partition coefficient (Wildman–Crippen LogP) is 5.05. The van der Waals surface area contributed by atoms with Crippen LogP contribution >= 0.6 is 11.8 Å². The first-order chi connectivity index (χ1) is 12.5. The Labute approximate surface area is 154 Å².